The Labute approximate surface area is 97.7 Å². The van der Waals surface area contributed by atoms with Gasteiger partial charge in [-0.15, -0.1) is 0 Å². The molecule has 0 aromatic carbocycles. The highest BCUT2D eigenvalue weighted by molar-refractivity contribution is 5.99. The molecule has 2 rings (SSSR count). The number of carbonyl (C=O) groups excluding carboxylic acids is 2. The molecule has 17 heavy (non-hydrogen) atoms. The summed E-state index contributed by atoms with van der Waals surface area (Å²) in [7, 11) is 0. The Bertz CT molecular complexity index is 547. The highest BCUT2D eigenvalue weighted by atomic mass is 16.2. The number of nitrogens with zero attached hydrogens (tertiary/aromatic N) is 2. The van der Waals surface area contributed by atoms with Gasteiger partial charge in [0.1, 0.15) is 6.04 Å². The van der Waals surface area contributed by atoms with Crippen LogP contribution in [0, 0.1) is 13.8 Å². The third-order valence-electron chi connectivity index (χ3n) is 3.02. The van der Waals surface area contributed by atoms with E-state index >= 15 is 0 Å². The molecule has 6 heteroatoms. The predicted molar refractivity (Wildman–Crippen MR) is 59.4 cm³/mol. The lowest BCUT2D eigenvalue weighted by molar-refractivity contribution is -0.135. The topological polar surface area (TPSA) is 81.1 Å². The molecule has 90 valence electrons. The Morgan fingerprint density at radius 3 is 2.71 bits per heavy atom. The molecule has 6 nitrogen and oxygen atoms in total. The minimum absolute atomic E-state index is 0.230. The zero-order valence-electron chi connectivity index (χ0n) is 9.69. The summed E-state index contributed by atoms with van der Waals surface area (Å²) in [5.74, 6) is -0.732. The average Bonchev–Trinajstić information content (AvgIpc) is 2.28. The van der Waals surface area contributed by atoms with E-state index in [4.69, 9.17) is 0 Å². The zero-order chi connectivity index (χ0) is 12.6. The van der Waals surface area contributed by atoms with E-state index in [0.717, 1.165) is 0 Å². The molecule has 1 aromatic rings. The van der Waals surface area contributed by atoms with E-state index in [0.29, 0.717) is 17.7 Å². The SMILES string of the molecule is Cc1ncn(C2CCC(=O)NC2=O)c(=O)c1C. The molecule has 0 aliphatic carbocycles. The Morgan fingerprint density at radius 1 is 1.35 bits per heavy atom. The molecule has 1 fully saturated rings. The van der Waals surface area contributed by atoms with Gasteiger partial charge in [0.25, 0.3) is 5.56 Å². The van der Waals surface area contributed by atoms with Crippen LogP contribution in [-0.2, 0) is 9.59 Å². The van der Waals surface area contributed by atoms with Crippen molar-refractivity contribution < 1.29 is 9.59 Å². The standard InChI is InChI=1S/C11H13N3O3/c1-6-7(2)12-5-14(11(6)17)8-3-4-9(15)13-10(8)16/h5,8H,3-4H2,1-2H3,(H,13,15,16). The summed E-state index contributed by atoms with van der Waals surface area (Å²) >= 11 is 0. The molecule has 1 atom stereocenters. The number of amides is 2. The second kappa shape index (κ2) is 4.12. The van der Waals surface area contributed by atoms with Crippen molar-refractivity contribution in [2.75, 3.05) is 0 Å². The number of piperidine rings is 1. The van der Waals surface area contributed by atoms with Crippen LogP contribution in [0.5, 0.6) is 0 Å². The smallest absolute Gasteiger partial charge is 0.257 e. The van der Waals surface area contributed by atoms with Crippen molar-refractivity contribution >= 4 is 11.8 Å². The lowest BCUT2D eigenvalue weighted by Gasteiger charge is -2.22. The summed E-state index contributed by atoms with van der Waals surface area (Å²) in [5.41, 5.74) is 0.947. The van der Waals surface area contributed by atoms with Gasteiger partial charge >= 0.3 is 0 Å². The van der Waals surface area contributed by atoms with Crippen molar-refractivity contribution in [3.05, 3.63) is 27.9 Å². The minimum Gasteiger partial charge on any atom is -0.295 e. The van der Waals surface area contributed by atoms with Crippen LogP contribution in [0.25, 0.3) is 0 Å². The second-order valence-corrected chi connectivity index (χ2v) is 4.13. The third-order valence-corrected chi connectivity index (χ3v) is 3.02. The predicted octanol–water partition coefficient (Wildman–Crippen LogP) is -0.162. The van der Waals surface area contributed by atoms with Crippen LogP contribution in [0.4, 0.5) is 0 Å². The number of imide groups is 1. The molecule has 1 aromatic heterocycles. The molecule has 1 unspecified atom stereocenters. The lowest BCUT2D eigenvalue weighted by Crippen LogP contribution is -2.44. The van der Waals surface area contributed by atoms with Gasteiger partial charge in [-0.3, -0.25) is 24.3 Å². The van der Waals surface area contributed by atoms with Crippen LogP contribution in [0.2, 0.25) is 0 Å². The maximum absolute atomic E-state index is 12.0. The zero-order valence-corrected chi connectivity index (χ0v) is 9.69. The van der Waals surface area contributed by atoms with Crippen LogP contribution >= 0.6 is 0 Å². The maximum Gasteiger partial charge on any atom is 0.257 e. The van der Waals surface area contributed by atoms with Gasteiger partial charge in [0, 0.05) is 17.7 Å². The van der Waals surface area contributed by atoms with Crippen LogP contribution in [-0.4, -0.2) is 21.4 Å². The fourth-order valence-electron chi connectivity index (χ4n) is 1.82. The summed E-state index contributed by atoms with van der Waals surface area (Å²) in [5, 5.41) is 2.22. The molecule has 1 aliphatic heterocycles. The molecule has 0 bridgehead atoms. The van der Waals surface area contributed by atoms with Gasteiger partial charge in [0.15, 0.2) is 0 Å². The monoisotopic (exact) mass is 235 g/mol. The maximum atomic E-state index is 12.0. The fraction of sp³-hybridized carbons (Fsp3) is 0.455. The van der Waals surface area contributed by atoms with Gasteiger partial charge < -0.3 is 0 Å². The molecule has 1 N–H and O–H groups in total. The molecule has 0 radical (unpaired) electrons. The Hall–Kier alpha value is -1.98. The first-order valence-corrected chi connectivity index (χ1v) is 5.38. The van der Waals surface area contributed by atoms with Crippen molar-refractivity contribution in [2.24, 2.45) is 0 Å². The van der Waals surface area contributed by atoms with Gasteiger partial charge in [-0.25, -0.2) is 4.98 Å². The molecule has 0 spiro atoms. The molecule has 0 saturated carbocycles. The van der Waals surface area contributed by atoms with E-state index in [1.165, 1.54) is 10.9 Å². The van der Waals surface area contributed by atoms with Gasteiger partial charge in [0.05, 0.1) is 6.33 Å². The first-order chi connectivity index (χ1) is 8.00. The number of aryl methyl sites for hydroxylation is 1. The largest absolute Gasteiger partial charge is 0.295 e. The van der Waals surface area contributed by atoms with Gasteiger partial charge in [-0.2, -0.15) is 0 Å². The van der Waals surface area contributed by atoms with Gasteiger partial charge in [0.2, 0.25) is 11.8 Å². The van der Waals surface area contributed by atoms with Crippen molar-refractivity contribution in [3.63, 3.8) is 0 Å². The Balaban J connectivity index is 2.42. The normalized spacial score (nSPS) is 20.2. The molecule has 2 heterocycles. The van der Waals surface area contributed by atoms with Crippen LogP contribution < -0.4 is 10.9 Å². The van der Waals surface area contributed by atoms with Crippen LogP contribution in [0.15, 0.2) is 11.1 Å². The molecule has 1 saturated heterocycles. The van der Waals surface area contributed by atoms with E-state index in [2.05, 4.69) is 10.3 Å². The van der Waals surface area contributed by atoms with Crippen molar-refractivity contribution in [1.82, 2.24) is 14.9 Å². The highest BCUT2D eigenvalue weighted by Crippen LogP contribution is 2.16. The molecule has 1 aliphatic rings. The van der Waals surface area contributed by atoms with E-state index in [-0.39, 0.29) is 17.9 Å². The summed E-state index contributed by atoms with van der Waals surface area (Å²) in [4.78, 5) is 38.7. The molecular formula is C11H13N3O3. The first-order valence-electron chi connectivity index (χ1n) is 5.38. The quantitative estimate of drug-likeness (QED) is 0.686. The number of carbonyl (C=O) groups is 2. The number of hydrogen-bond donors (Lipinski definition) is 1. The Morgan fingerprint density at radius 2 is 2.06 bits per heavy atom. The van der Waals surface area contributed by atoms with E-state index < -0.39 is 11.9 Å². The Kier molecular flexibility index (Phi) is 2.79. The number of aromatic nitrogens is 2. The fourth-order valence-corrected chi connectivity index (χ4v) is 1.82. The molecular weight excluding hydrogens is 222 g/mol. The van der Waals surface area contributed by atoms with E-state index in [1.807, 2.05) is 0 Å². The third kappa shape index (κ3) is 1.98. The first kappa shape index (κ1) is 11.5. The van der Waals surface area contributed by atoms with Gasteiger partial charge in [-0.05, 0) is 20.3 Å². The second-order valence-electron chi connectivity index (χ2n) is 4.13. The number of hydrogen-bond acceptors (Lipinski definition) is 4. The van der Waals surface area contributed by atoms with E-state index in [1.54, 1.807) is 13.8 Å². The van der Waals surface area contributed by atoms with Gasteiger partial charge in [-0.1, -0.05) is 0 Å². The summed E-state index contributed by atoms with van der Waals surface area (Å²) in [6, 6.07) is -0.632. The molecule has 2 amide bonds. The summed E-state index contributed by atoms with van der Waals surface area (Å²) < 4.78 is 1.30. The minimum atomic E-state index is -0.632. The van der Waals surface area contributed by atoms with Crippen molar-refractivity contribution in [2.45, 2.75) is 32.7 Å². The van der Waals surface area contributed by atoms with Crippen LogP contribution in [0.1, 0.15) is 30.1 Å². The number of rotatable bonds is 1. The average molecular weight is 235 g/mol. The van der Waals surface area contributed by atoms with E-state index in [9.17, 15) is 14.4 Å². The summed E-state index contributed by atoms with van der Waals surface area (Å²) in [6.07, 6.45) is 1.95. The van der Waals surface area contributed by atoms with Crippen molar-refractivity contribution in [3.8, 4) is 0 Å². The van der Waals surface area contributed by atoms with Crippen LogP contribution in [0.3, 0.4) is 0 Å². The number of nitrogens with one attached hydrogen (secondary N) is 1. The lowest BCUT2D eigenvalue weighted by atomic mass is 10.1. The highest BCUT2D eigenvalue weighted by Gasteiger charge is 2.29. The summed E-state index contributed by atoms with van der Waals surface area (Å²) in [6.45, 7) is 3.42. The van der Waals surface area contributed by atoms with Crippen molar-refractivity contribution in [1.29, 1.82) is 0 Å².